The topological polar surface area (TPSA) is 96.3 Å². The van der Waals surface area contributed by atoms with E-state index in [2.05, 4.69) is 4.72 Å². The maximum absolute atomic E-state index is 12.2. The summed E-state index contributed by atoms with van der Waals surface area (Å²) < 4.78 is 31.6. The van der Waals surface area contributed by atoms with Gasteiger partial charge in [-0.05, 0) is 30.2 Å². The first kappa shape index (κ1) is 17.7. The van der Waals surface area contributed by atoms with Crippen molar-refractivity contribution in [3.8, 4) is 6.07 Å². The molecule has 1 N–H and O–H groups in total. The Labute approximate surface area is 140 Å². The lowest BCUT2D eigenvalue weighted by Gasteiger charge is -2.09. The fraction of sp³-hybridized carbons (Fsp3) is 0.176. The third kappa shape index (κ3) is 4.41. The highest BCUT2D eigenvalue weighted by Crippen LogP contribution is 2.14. The third-order valence-electron chi connectivity index (χ3n) is 3.35. The molecule has 0 saturated carbocycles. The third-order valence-corrected chi connectivity index (χ3v) is 4.81. The van der Waals surface area contributed by atoms with E-state index in [9.17, 15) is 13.2 Å². The first-order chi connectivity index (χ1) is 11.4. The molecule has 24 heavy (non-hydrogen) atoms. The molecule has 7 heteroatoms. The summed E-state index contributed by atoms with van der Waals surface area (Å²) in [4.78, 5) is 11.6. The van der Waals surface area contributed by atoms with Gasteiger partial charge in [-0.25, -0.2) is 8.42 Å². The van der Waals surface area contributed by atoms with Crippen molar-refractivity contribution in [3.05, 3.63) is 65.2 Å². The van der Waals surface area contributed by atoms with E-state index in [0.29, 0.717) is 0 Å². The Morgan fingerprint density at radius 2 is 1.83 bits per heavy atom. The Kier molecular flexibility index (Phi) is 5.68. The molecule has 0 amide bonds. The fourth-order valence-corrected chi connectivity index (χ4v) is 3.13. The molecule has 0 atom stereocenters. The van der Waals surface area contributed by atoms with Gasteiger partial charge < -0.3 is 4.74 Å². The van der Waals surface area contributed by atoms with Crippen molar-refractivity contribution < 1.29 is 17.9 Å². The molecule has 0 aliphatic carbocycles. The number of nitrogens with one attached hydrogen (secondary N) is 1. The standard InChI is InChI=1S/C17H16N2O4S/c1-13-6-2-3-8-15(13)12-23-17(20)11-19-24(21,22)16-9-5-4-7-14(16)10-18/h2-9,19H,11-12H2,1H3. The summed E-state index contributed by atoms with van der Waals surface area (Å²) >= 11 is 0. The molecule has 2 aromatic rings. The minimum Gasteiger partial charge on any atom is -0.460 e. The number of sulfonamides is 1. The number of nitriles is 1. The maximum atomic E-state index is 12.2. The molecular weight excluding hydrogens is 328 g/mol. The molecule has 0 aromatic heterocycles. The van der Waals surface area contributed by atoms with E-state index in [1.165, 1.54) is 18.2 Å². The van der Waals surface area contributed by atoms with Crippen LogP contribution in [0.4, 0.5) is 0 Å². The Balaban J connectivity index is 1.96. The second-order valence-corrected chi connectivity index (χ2v) is 6.76. The highest BCUT2D eigenvalue weighted by molar-refractivity contribution is 7.89. The number of hydrogen-bond donors (Lipinski definition) is 1. The SMILES string of the molecule is Cc1ccccc1COC(=O)CNS(=O)(=O)c1ccccc1C#N. The van der Waals surface area contributed by atoms with Gasteiger partial charge in [0.25, 0.3) is 0 Å². The summed E-state index contributed by atoms with van der Waals surface area (Å²) in [5, 5.41) is 8.96. The predicted octanol–water partition coefficient (Wildman–Crippen LogP) is 1.89. The number of rotatable bonds is 6. The van der Waals surface area contributed by atoms with Gasteiger partial charge in [0.15, 0.2) is 0 Å². The van der Waals surface area contributed by atoms with Gasteiger partial charge in [0.1, 0.15) is 19.2 Å². The minimum atomic E-state index is -3.96. The van der Waals surface area contributed by atoms with Crippen molar-refractivity contribution in [2.45, 2.75) is 18.4 Å². The normalized spacial score (nSPS) is 10.8. The second-order valence-electron chi connectivity index (χ2n) is 5.02. The van der Waals surface area contributed by atoms with Gasteiger partial charge in [-0.15, -0.1) is 0 Å². The van der Waals surface area contributed by atoms with E-state index in [0.717, 1.165) is 11.1 Å². The quantitative estimate of drug-likeness (QED) is 0.807. The Hall–Kier alpha value is -2.69. The zero-order valence-corrected chi connectivity index (χ0v) is 13.8. The number of carbonyl (C=O) groups is 1. The van der Waals surface area contributed by atoms with Crippen LogP contribution in [0.25, 0.3) is 0 Å². The molecule has 0 aliphatic rings. The average molecular weight is 344 g/mol. The van der Waals surface area contributed by atoms with Crippen LogP contribution in [0.5, 0.6) is 0 Å². The molecule has 0 saturated heterocycles. The van der Waals surface area contributed by atoms with Crippen LogP contribution in [0.3, 0.4) is 0 Å². The monoisotopic (exact) mass is 344 g/mol. The molecule has 0 fully saturated rings. The lowest BCUT2D eigenvalue weighted by atomic mass is 10.1. The maximum Gasteiger partial charge on any atom is 0.321 e. The predicted molar refractivity (Wildman–Crippen MR) is 87.3 cm³/mol. The molecule has 2 aromatic carbocycles. The van der Waals surface area contributed by atoms with Crippen molar-refractivity contribution in [1.29, 1.82) is 5.26 Å². The number of benzene rings is 2. The summed E-state index contributed by atoms with van der Waals surface area (Å²) in [6.45, 7) is 1.46. The van der Waals surface area contributed by atoms with Crippen LogP contribution >= 0.6 is 0 Å². The lowest BCUT2D eigenvalue weighted by molar-refractivity contribution is -0.143. The van der Waals surface area contributed by atoms with Crippen molar-refractivity contribution in [2.24, 2.45) is 0 Å². The first-order valence-corrected chi connectivity index (χ1v) is 8.61. The van der Waals surface area contributed by atoms with Crippen LogP contribution < -0.4 is 4.72 Å². The minimum absolute atomic E-state index is 0.0123. The van der Waals surface area contributed by atoms with E-state index < -0.39 is 22.5 Å². The molecule has 0 spiro atoms. The number of esters is 1. The van der Waals surface area contributed by atoms with Gasteiger partial charge >= 0.3 is 5.97 Å². The average Bonchev–Trinajstić information content (AvgIpc) is 2.59. The van der Waals surface area contributed by atoms with Crippen LogP contribution in [0.1, 0.15) is 16.7 Å². The van der Waals surface area contributed by atoms with Crippen molar-refractivity contribution >= 4 is 16.0 Å². The van der Waals surface area contributed by atoms with Gasteiger partial charge in [-0.1, -0.05) is 36.4 Å². The molecular formula is C17H16N2O4S. The van der Waals surface area contributed by atoms with Crippen LogP contribution in [-0.4, -0.2) is 20.9 Å². The van der Waals surface area contributed by atoms with E-state index in [1.54, 1.807) is 12.1 Å². The Morgan fingerprint density at radius 3 is 2.54 bits per heavy atom. The molecule has 6 nitrogen and oxygen atoms in total. The molecule has 0 aliphatic heterocycles. The lowest BCUT2D eigenvalue weighted by Crippen LogP contribution is -2.31. The second kappa shape index (κ2) is 7.73. The van der Waals surface area contributed by atoms with Gasteiger partial charge in [-0.2, -0.15) is 9.98 Å². The van der Waals surface area contributed by atoms with Crippen LogP contribution in [0, 0.1) is 18.3 Å². The number of carbonyl (C=O) groups excluding carboxylic acids is 1. The highest BCUT2D eigenvalue weighted by Gasteiger charge is 2.19. The van der Waals surface area contributed by atoms with E-state index in [4.69, 9.17) is 10.00 Å². The van der Waals surface area contributed by atoms with Gasteiger partial charge in [-0.3, -0.25) is 4.79 Å². The largest absolute Gasteiger partial charge is 0.460 e. The fourth-order valence-electron chi connectivity index (χ4n) is 2.01. The smallest absolute Gasteiger partial charge is 0.321 e. The zero-order valence-electron chi connectivity index (χ0n) is 13.0. The van der Waals surface area contributed by atoms with Crippen LogP contribution in [0.2, 0.25) is 0 Å². The number of hydrogen-bond acceptors (Lipinski definition) is 5. The summed E-state index contributed by atoms with van der Waals surface area (Å²) in [5.74, 6) is -0.698. The van der Waals surface area contributed by atoms with E-state index in [-0.39, 0.29) is 17.1 Å². The van der Waals surface area contributed by atoms with Crippen molar-refractivity contribution in [3.63, 3.8) is 0 Å². The van der Waals surface area contributed by atoms with Crippen molar-refractivity contribution in [1.82, 2.24) is 4.72 Å². The summed E-state index contributed by atoms with van der Waals surface area (Å²) in [7, 11) is -3.96. The molecule has 124 valence electrons. The molecule has 2 rings (SSSR count). The summed E-state index contributed by atoms with van der Waals surface area (Å²) in [5.41, 5.74) is 1.84. The number of ether oxygens (including phenoxy) is 1. The number of aryl methyl sites for hydroxylation is 1. The molecule has 0 unspecified atom stereocenters. The van der Waals surface area contributed by atoms with Gasteiger partial charge in [0.2, 0.25) is 10.0 Å². The Bertz CT molecular complexity index is 885. The van der Waals surface area contributed by atoms with Crippen LogP contribution in [0.15, 0.2) is 53.4 Å². The molecule has 0 heterocycles. The van der Waals surface area contributed by atoms with Gasteiger partial charge in [0, 0.05) is 0 Å². The van der Waals surface area contributed by atoms with Crippen LogP contribution in [-0.2, 0) is 26.2 Å². The summed E-state index contributed by atoms with van der Waals surface area (Å²) in [6, 6.07) is 15.0. The zero-order chi connectivity index (χ0) is 17.6. The number of nitrogens with zero attached hydrogens (tertiary/aromatic N) is 1. The molecule has 0 radical (unpaired) electrons. The van der Waals surface area contributed by atoms with Crippen molar-refractivity contribution in [2.75, 3.05) is 6.54 Å². The summed E-state index contributed by atoms with van der Waals surface area (Å²) in [6.07, 6.45) is 0. The first-order valence-electron chi connectivity index (χ1n) is 7.13. The van der Waals surface area contributed by atoms with E-state index in [1.807, 2.05) is 31.2 Å². The van der Waals surface area contributed by atoms with E-state index >= 15 is 0 Å². The highest BCUT2D eigenvalue weighted by atomic mass is 32.2. The molecule has 0 bridgehead atoms. The van der Waals surface area contributed by atoms with Gasteiger partial charge in [0.05, 0.1) is 10.5 Å². The Morgan fingerprint density at radius 1 is 1.17 bits per heavy atom.